The van der Waals surface area contributed by atoms with E-state index in [1.807, 2.05) is 0 Å². The van der Waals surface area contributed by atoms with Crippen molar-refractivity contribution < 1.29 is 0 Å². The zero-order valence-electron chi connectivity index (χ0n) is 6.98. The van der Waals surface area contributed by atoms with Crippen molar-refractivity contribution in [3.8, 4) is 0 Å². The first-order chi connectivity index (χ1) is 5.39. The third-order valence-electron chi connectivity index (χ3n) is 2.01. The molecule has 0 spiro atoms. The summed E-state index contributed by atoms with van der Waals surface area (Å²) >= 11 is 2.44. The molecular weight excluding hydrogens is 251 g/mol. The van der Waals surface area contributed by atoms with Crippen LogP contribution in [0.25, 0.3) is 0 Å². The van der Waals surface area contributed by atoms with Gasteiger partial charge in [-0.1, -0.05) is 0 Å². The maximum Gasteiger partial charge on any atom is 0.0201 e. The highest BCUT2D eigenvalue weighted by Crippen LogP contribution is 2.05. The molecule has 0 aromatic carbocycles. The lowest BCUT2D eigenvalue weighted by Gasteiger charge is -2.16. The molecule has 1 saturated heterocycles. The minimum absolute atomic E-state index is 1.21. The van der Waals surface area contributed by atoms with E-state index in [1.165, 1.54) is 51.9 Å². The number of hydrogen-bond donors (Lipinski definition) is 1. The summed E-state index contributed by atoms with van der Waals surface area (Å²) in [5.74, 6) is 0. The predicted molar refractivity (Wildman–Crippen MR) is 56.9 cm³/mol. The molecule has 1 aliphatic heterocycles. The van der Waals surface area contributed by atoms with Crippen molar-refractivity contribution in [3.63, 3.8) is 0 Å². The molecule has 1 fully saturated rings. The summed E-state index contributed by atoms with van der Waals surface area (Å²) in [5, 5.41) is 3.45. The minimum Gasteiger partial charge on any atom is -0.317 e. The van der Waals surface area contributed by atoms with Gasteiger partial charge in [0, 0.05) is 36.0 Å². The zero-order chi connectivity index (χ0) is 7.94. The Kier molecular flexibility index (Phi) is 5.49. The molecule has 0 aromatic heterocycles. The molecule has 0 atom stereocenters. The molecule has 3 heteroatoms. The van der Waals surface area contributed by atoms with Crippen molar-refractivity contribution in [1.29, 1.82) is 0 Å². The average molecular weight is 268 g/mol. The Morgan fingerprint density at radius 1 is 0.909 bits per heavy atom. The van der Waals surface area contributed by atoms with E-state index in [4.69, 9.17) is 0 Å². The van der Waals surface area contributed by atoms with Crippen molar-refractivity contribution in [2.75, 3.05) is 26.2 Å². The summed E-state index contributed by atoms with van der Waals surface area (Å²) < 4.78 is 2.42. The number of rotatable bonds is 0. The van der Waals surface area contributed by atoms with E-state index in [0.717, 1.165) is 0 Å². The Morgan fingerprint density at radius 3 is 2.00 bits per heavy atom. The van der Waals surface area contributed by atoms with Gasteiger partial charge in [0.1, 0.15) is 0 Å². The monoisotopic (exact) mass is 268 g/mol. The van der Waals surface area contributed by atoms with E-state index < -0.39 is 0 Å². The van der Waals surface area contributed by atoms with E-state index in [0.29, 0.717) is 0 Å². The van der Waals surface area contributed by atoms with Gasteiger partial charge < -0.3 is 5.32 Å². The molecular formula is C8H17IN2. The predicted octanol–water partition coefficient (Wildman–Crippen LogP) is 1.80. The maximum atomic E-state index is 3.45. The second-order valence-corrected chi connectivity index (χ2v) is 4.44. The molecule has 0 saturated carbocycles. The first-order valence-corrected chi connectivity index (χ1v) is 5.47. The Balaban J connectivity index is 2.12. The number of hydrogen-bond acceptors (Lipinski definition) is 2. The van der Waals surface area contributed by atoms with E-state index >= 15 is 0 Å². The van der Waals surface area contributed by atoms with Crippen LogP contribution < -0.4 is 5.32 Å². The van der Waals surface area contributed by atoms with Crippen LogP contribution in [0.4, 0.5) is 0 Å². The van der Waals surface area contributed by atoms with Crippen molar-refractivity contribution in [2.45, 2.75) is 25.7 Å². The Hall–Kier alpha value is 0.650. The van der Waals surface area contributed by atoms with E-state index in [2.05, 4.69) is 31.3 Å². The lowest BCUT2D eigenvalue weighted by atomic mass is 10.2. The molecule has 0 unspecified atom stereocenters. The van der Waals surface area contributed by atoms with Crippen molar-refractivity contribution in [1.82, 2.24) is 8.43 Å². The topological polar surface area (TPSA) is 15.3 Å². The standard InChI is InChI=1S/C8H17IN2/c9-11-7-3-1-5-10-6-2-4-8-11/h10H,1-8H2. The molecule has 1 heterocycles. The van der Waals surface area contributed by atoms with Gasteiger partial charge in [0.15, 0.2) is 0 Å². The molecule has 1 aliphatic rings. The first kappa shape index (κ1) is 9.74. The van der Waals surface area contributed by atoms with Gasteiger partial charge in [-0.2, -0.15) is 0 Å². The van der Waals surface area contributed by atoms with Crippen LogP contribution in [0.5, 0.6) is 0 Å². The summed E-state index contributed by atoms with van der Waals surface area (Å²) in [6.07, 6.45) is 5.35. The number of nitrogens with one attached hydrogen (secondary N) is 1. The highest BCUT2D eigenvalue weighted by molar-refractivity contribution is 14.1. The third-order valence-corrected chi connectivity index (χ3v) is 2.97. The number of nitrogens with zero attached hydrogens (tertiary/aromatic N) is 1. The van der Waals surface area contributed by atoms with Crippen LogP contribution in [0.1, 0.15) is 25.7 Å². The molecule has 0 amide bonds. The normalized spacial score (nSPS) is 24.8. The van der Waals surface area contributed by atoms with Crippen molar-refractivity contribution in [3.05, 3.63) is 0 Å². The van der Waals surface area contributed by atoms with E-state index in [1.54, 1.807) is 0 Å². The smallest absolute Gasteiger partial charge is 0.0201 e. The molecule has 0 radical (unpaired) electrons. The van der Waals surface area contributed by atoms with Gasteiger partial charge in [0.05, 0.1) is 0 Å². The van der Waals surface area contributed by atoms with Gasteiger partial charge in [0.2, 0.25) is 0 Å². The van der Waals surface area contributed by atoms with Crippen LogP contribution in [-0.2, 0) is 0 Å². The molecule has 2 nitrogen and oxygen atoms in total. The van der Waals surface area contributed by atoms with Crippen LogP contribution in [0.15, 0.2) is 0 Å². The molecule has 0 aliphatic carbocycles. The summed E-state index contributed by atoms with van der Waals surface area (Å²) in [5.41, 5.74) is 0. The van der Waals surface area contributed by atoms with Gasteiger partial charge in [0.25, 0.3) is 0 Å². The molecule has 0 aromatic rings. The minimum atomic E-state index is 1.21. The largest absolute Gasteiger partial charge is 0.317 e. The summed E-state index contributed by atoms with van der Waals surface area (Å²) in [6.45, 7) is 4.96. The Morgan fingerprint density at radius 2 is 1.45 bits per heavy atom. The highest BCUT2D eigenvalue weighted by atomic mass is 127. The fraction of sp³-hybridized carbons (Fsp3) is 1.00. The quantitative estimate of drug-likeness (QED) is 0.532. The highest BCUT2D eigenvalue weighted by Gasteiger charge is 2.01. The molecule has 66 valence electrons. The van der Waals surface area contributed by atoms with E-state index in [9.17, 15) is 0 Å². The van der Waals surface area contributed by atoms with Crippen molar-refractivity contribution in [2.24, 2.45) is 0 Å². The molecule has 1 N–H and O–H groups in total. The SMILES string of the molecule is IN1CCCCNCCCC1. The first-order valence-electron chi connectivity index (χ1n) is 4.51. The summed E-state index contributed by atoms with van der Waals surface area (Å²) in [7, 11) is 0. The second kappa shape index (κ2) is 6.20. The summed E-state index contributed by atoms with van der Waals surface area (Å²) in [4.78, 5) is 0. The Labute approximate surface area is 83.2 Å². The maximum absolute atomic E-state index is 3.45. The third kappa shape index (κ3) is 4.98. The van der Waals surface area contributed by atoms with Gasteiger partial charge >= 0.3 is 0 Å². The fourth-order valence-corrected chi connectivity index (χ4v) is 1.99. The Bertz CT molecular complexity index is 88.1. The van der Waals surface area contributed by atoms with Crippen LogP contribution in [0.2, 0.25) is 0 Å². The number of halogens is 1. The summed E-state index contributed by atoms with van der Waals surface area (Å²) in [6, 6.07) is 0. The second-order valence-electron chi connectivity index (χ2n) is 3.07. The van der Waals surface area contributed by atoms with Crippen LogP contribution in [-0.4, -0.2) is 29.3 Å². The molecule has 0 bridgehead atoms. The molecule has 11 heavy (non-hydrogen) atoms. The van der Waals surface area contributed by atoms with Crippen molar-refractivity contribution >= 4 is 22.9 Å². The van der Waals surface area contributed by atoms with Gasteiger partial charge in [-0.25, -0.2) is 3.11 Å². The lowest BCUT2D eigenvalue weighted by molar-refractivity contribution is 0.439. The van der Waals surface area contributed by atoms with Gasteiger partial charge in [-0.3, -0.25) is 0 Å². The molecule has 1 rings (SSSR count). The van der Waals surface area contributed by atoms with Gasteiger partial charge in [-0.05, 0) is 38.8 Å². The van der Waals surface area contributed by atoms with Crippen LogP contribution >= 0.6 is 22.9 Å². The fourth-order valence-electron chi connectivity index (χ4n) is 1.30. The van der Waals surface area contributed by atoms with E-state index in [-0.39, 0.29) is 0 Å². The van der Waals surface area contributed by atoms with Crippen LogP contribution in [0, 0.1) is 0 Å². The zero-order valence-corrected chi connectivity index (χ0v) is 9.14. The lowest BCUT2D eigenvalue weighted by Crippen LogP contribution is -2.22. The van der Waals surface area contributed by atoms with Gasteiger partial charge in [-0.15, -0.1) is 0 Å². The average Bonchev–Trinajstić information content (AvgIpc) is 2.03. The van der Waals surface area contributed by atoms with Crippen LogP contribution in [0.3, 0.4) is 0 Å².